The number of primary amides is 1. The Morgan fingerprint density at radius 2 is 2.13 bits per heavy atom. The van der Waals surface area contributed by atoms with Crippen LogP contribution in [-0.2, 0) is 0 Å². The molecule has 0 aliphatic carbocycles. The number of hydrogen-bond acceptors (Lipinski definition) is 3. The van der Waals surface area contributed by atoms with Gasteiger partial charge in [0.05, 0.1) is 11.3 Å². The molecule has 1 aliphatic rings. The predicted molar refractivity (Wildman–Crippen MR) is 60.2 cm³/mol. The minimum absolute atomic E-state index is 0.171. The molecule has 0 aromatic heterocycles. The van der Waals surface area contributed by atoms with Crippen LogP contribution >= 0.6 is 11.6 Å². The lowest BCUT2D eigenvalue weighted by molar-refractivity contribution is 0.100. The zero-order valence-electron chi connectivity index (χ0n) is 8.11. The topological polar surface area (TPSA) is 72.4 Å². The van der Waals surface area contributed by atoms with E-state index in [1.165, 1.54) is 0 Å². The van der Waals surface area contributed by atoms with Gasteiger partial charge >= 0.3 is 0 Å². The zero-order valence-corrected chi connectivity index (χ0v) is 8.87. The van der Waals surface area contributed by atoms with Crippen molar-refractivity contribution in [3.8, 4) is 0 Å². The average Bonchev–Trinajstić information content (AvgIpc) is 2.12. The van der Waals surface area contributed by atoms with Crippen LogP contribution in [0.15, 0.2) is 18.2 Å². The molecule has 1 amide bonds. The van der Waals surface area contributed by atoms with Crippen LogP contribution in [-0.4, -0.2) is 25.0 Å². The van der Waals surface area contributed by atoms with Crippen LogP contribution in [0.1, 0.15) is 10.4 Å². The number of halogens is 1. The standard InChI is InChI=1S/C10H12ClN3O/c11-6-1-2-8(10(13)15)9(3-6)14-4-7(12)5-14/h1-3,7H,4-5,12H2,(H2,13,15). The molecular formula is C10H12ClN3O. The molecule has 1 aromatic rings. The summed E-state index contributed by atoms with van der Waals surface area (Å²) in [6.45, 7) is 1.47. The number of benzene rings is 1. The van der Waals surface area contributed by atoms with Gasteiger partial charge in [0.1, 0.15) is 0 Å². The first-order valence-electron chi connectivity index (χ1n) is 4.68. The zero-order chi connectivity index (χ0) is 11.0. The summed E-state index contributed by atoms with van der Waals surface area (Å²) in [4.78, 5) is 13.2. The molecule has 1 heterocycles. The minimum Gasteiger partial charge on any atom is -0.368 e. The third-order valence-electron chi connectivity index (χ3n) is 2.48. The fraction of sp³-hybridized carbons (Fsp3) is 0.300. The molecule has 80 valence electrons. The highest BCUT2D eigenvalue weighted by Gasteiger charge is 2.26. The van der Waals surface area contributed by atoms with Crippen molar-refractivity contribution < 1.29 is 4.79 Å². The van der Waals surface area contributed by atoms with E-state index in [1.807, 2.05) is 4.90 Å². The van der Waals surface area contributed by atoms with Crippen LogP contribution in [0, 0.1) is 0 Å². The highest BCUT2D eigenvalue weighted by atomic mass is 35.5. The first-order chi connectivity index (χ1) is 7.08. The van der Waals surface area contributed by atoms with Crippen molar-refractivity contribution in [2.24, 2.45) is 11.5 Å². The molecule has 1 aliphatic heterocycles. The molecule has 4 nitrogen and oxygen atoms in total. The first-order valence-corrected chi connectivity index (χ1v) is 5.05. The minimum atomic E-state index is -0.442. The highest BCUT2D eigenvalue weighted by Crippen LogP contribution is 2.27. The fourth-order valence-electron chi connectivity index (χ4n) is 1.68. The van der Waals surface area contributed by atoms with E-state index in [9.17, 15) is 4.79 Å². The Kier molecular flexibility index (Phi) is 2.54. The second-order valence-corrected chi connectivity index (χ2v) is 4.13. The Balaban J connectivity index is 2.35. The molecule has 1 fully saturated rings. The predicted octanol–water partition coefficient (Wildman–Crippen LogP) is 0.586. The van der Waals surface area contributed by atoms with E-state index in [0.717, 1.165) is 18.8 Å². The Morgan fingerprint density at radius 1 is 1.47 bits per heavy atom. The van der Waals surface area contributed by atoms with Gasteiger partial charge in [-0.25, -0.2) is 0 Å². The van der Waals surface area contributed by atoms with E-state index in [4.69, 9.17) is 23.1 Å². The van der Waals surface area contributed by atoms with Gasteiger partial charge in [0.25, 0.3) is 5.91 Å². The maximum atomic E-state index is 11.2. The summed E-state index contributed by atoms with van der Waals surface area (Å²) in [5, 5.41) is 0.593. The lowest BCUT2D eigenvalue weighted by Gasteiger charge is -2.39. The number of amides is 1. The molecule has 5 heteroatoms. The second kappa shape index (κ2) is 3.72. The molecule has 0 saturated carbocycles. The lowest BCUT2D eigenvalue weighted by atomic mass is 10.1. The molecule has 15 heavy (non-hydrogen) atoms. The van der Waals surface area contributed by atoms with Gasteiger partial charge < -0.3 is 16.4 Å². The normalized spacial score (nSPS) is 16.3. The molecule has 4 N–H and O–H groups in total. The van der Waals surface area contributed by atoms with Crippen molar-refractivity contribution in [1.29, 1.82) is 0 Å². The summed E-state index contributed by atoms with van der Waals surface area (Å²) < 4.78 is 0. The van der Waals surface area contributed by atoms with E-state index in [0.29, 0.717) is 10.6 Å². The Bertz CT molecular complexity index is 402. The summed E-state index contributed by atoms with van der Waals surface area (Å²) >= 11 is 5.87. The maximum absolute atomic E-state index is 11.2. The summed E-state index contributed by atoms with van der Waals surface area (Å²) in [6, 6.07) is 5.21. The molecule has 1 aromatic carbocycles. The smallest absolute Gasteiger partial charge is 0.250 e. The van der Waals surface area contributed by atoms with Gasteiger partial charge in [-0.05, 0) is 18.2 Å². The second-order valence-electron chi connectivity index (χ2n) is 3.69. The van der Waals surface area contributed by atoms with Crippen LogP contribution in [0.3, 0.4) is 0 Å². The number of carbonyl (C=O) groups is 1. The molecule has 0 radical (unpaired) electrons. The number of hydrogen-bond donors (Lipinski definition) is 2. The van der Waals surface area contributed by atoms with Gasteiger partial charge in [-0.3, -0.25) is 4.79 Å². The van der Waals surface area contributed by atoms with Crippen molar-refractivity contribution >= 4 is 23.2 Å². The van der Waals surface area contributed by atoms with Crippen molar-refractivity contribution in [2.45, 2.75) is 6.04 Å². The summed E-state index contributed by atoms with van der Waals surface area (Å²) in [5.74, 6) is -0.442. The number of anilines is 1. The first kappa shape index (κ1) is 10.3. The SMILES string of the molecule is NC(=O)c1ccc(Cl)cc1N1CC(N)C1. The van der Waals surface area contributed by atoms with Gasteiger partial charge in [-0.2, -0.15) is 0 Å². The van der Waals surface area contributed by atoms with Gasteiger partial charge in [0, 0.05) is 24.2 Å². The van der Waals surface area contributed by atoms with Crippen molar-refractivity contribution in [3.05, 3.63) is 28.8 Å². The number of carbonyl (C=O) groups excluding carboxylic acids is 1. The number of nitrogens with zero attached hydrogens (tertiary/aromatic N) is 1. The Hall–Kier alpha value is -1.26. The van der Waals surface area contributed by atoms with Crippen LogP contribution in [0.5, 0.6) is 0 Å². The third kappa shape index (κ3) is 1.91. The summed E-state index contributed by atoms with van der Waals surface area (Å²) in [5.41, 5.74) is 12.2. The van der Waals surface area contributed by atoms with Crippen molar-refractivity contribution in [1.82, 2.24) is 0 Å². The molecule has 0 unspecified atom stereocenters. The van der Waals surface area contributed by atoms with Gasteiger partial charge in [-0.15, -0.1) is 0 Å². The van der Waals surface area contributed by atoms with Crippen LogP contribution in [0.25, 0.3) is 0 Å². The van der Waals surface area contributed by atoms with E-state index >= 15 is 0 Å². The molecule has 1 saturated heterocycles. The van der Waals surface area contributed by atoms with Gasteiger partial charge in [-0.1, -0.05) is 11.6 Å². The quantitative estimate of drug-likeness (QED) is 0.774. The Morgan fingerprint density at radius 3 is 2.67 bits per heavy atom. The molecule has 2 rings (SSSR count). The molecule has 0 bridgehead atoms. The molecule has 0 spiro atoms. The number of nitrogens with two attached hydrogens (primary N) is 2. The van der Waals surface area contributed by atoms with Gasteiger partial charge in [0.2, 0.25) is 0 Å². The molecule has 0 atom stereocenters. The van der Waals surface area contributed by atoms with E-state index in [-0.39, 0.29) is 6.04 Å². The van der Waals surface area contributed by atoms with Crippen LogP contribution in [0.4, 0.5) is 5.69 Å². The van der Waals surface area contributed by atoms with E-state index in [2.05, 4.69) is 0 Å². The molecular weight excluding hydrogens is 214 g/mol. The van der Waals surface area contributed by atoms with Gasteiger partial charge in [0.15, 0.2) is 0 Å². The van der Waals surface area contributed by atoms with E-state index < -0.39 is 5.91 Å². The van der Waals surface area contributed by atoms with Crippen molar-refractivity contribution in [2.75, 3.05) is 18.0 Å². The average molecular weight is 226 g/mol. The van der Waals surface area contributed by atoms with Crippen LogP contribution < -0.4 is 16.4 Å². The largest absolute Gasteiger partial charge is 0.368 e. The summed E-state index contributed by atoms with van der Waals surface area (Å²) in [6.07, 6.45) is 0. The van der Waals surface area contributed by atoms with Crippen LogP contribution in [0.2, 0.25) is 5.02 Å². The number of rotatable bonds is 2. The monoisotopic (exact) mass is 225 g/mol. The lowest BCUT2D eigenvalue weighted by Crippen LogP contribution is -2.56. The summed E-state index contributed by atoms with van der Waals surface area (Å²) in [7, 11) is 0. The third-order valence-corrected chi connectivity index (χ3v) is 2.71. The Labute approximate surface area is 92.8 Å². The van der Waals surface area contributed by atoms with Crippen molar-refractivity contribution in [3.63, 3.8) is 0 Å². The van der Waals surface area contributed by atoms with E-state index in [1.54, 1.807) is 18.2 Å². The maximum Gasteiger partial charge on any atom is 0.250 e. The highest BCUT2D eigenvalue weighted by molar-refractivity contribution is 6.31. The fourth-order valence-corrected chi connectivity index (χ4v) is 1.85.